The maximum atomic E-state index is 12.7. The molecule has 1 saturated carbocycles. The normalized spacial score (nSPS) is 15.7. The minimum absolute atomic E-state index is 0.00526. The van der Waals surface area contributed by atoms with Crippen LogP contribution in [-0.2, 0) is 19.6 Å². The van der Waals surface area contributed by atoms with E-state index in [0.717, 1.165) is 12.8 Å². The Labute approximate surface area is 149 Å². The number of halogens is 1. The summed E-state index contributed by atoms with van der Waals surface area (Å²) in [5, 5.41) is 0. The molecule has 0 bridgehead atoms. The molecule has 1 atom stereocenters. The summed E-state index contributed by atoms with van der Waals surface area (Å²) in [7, 11) is 0.335. The van der Waals surface area contributed by atoms with Gasteiger partial charge in [0, 0.05) is 16.6 Å². The molecule has 1 N–H and O–H groups in total. The van der Waals surface area contributed by atoms with Gasteiger partial charge in [0.1, 0.15) is 4.90 Å². The van der Waals surface area contributed by atoms with Crippen LogP contribution in [0.1, 0.15) is 19.3 Å². The highest BCUT2D eigenvalue weighted by Crippen LogP contribution is 2.38. The maximum Gasteiger partial charge on any atom is 0.307 e. The SMILES string of the molecule is COC(=O)CC(NS(=O)(=O)c1cc(OC)c(OC)cc1Br)C1CC1. The lowest BCUT2D eigenvalue weighted by atomic mass is 10.1. The van der Waals surface area contributed by atoms with Crippen LogP contribution in [0.15, 0.2) is 21.5 Å². The van der Waals surface area contributed by atoms with Gasteiger partial charge in [0.05, 0.1) is 27.8 Å². The molecule has 9 heteroatoms. The number of methoxy groups -OCH3 is 3. The summed E-state index contributed by atoms with van der Waals surface area (Å²) in [6.07, 6.45) is 1.78. The van der Waals surface area contributed by atoms with Crippen molar-refractivity contribution < 1.29 is 27.4 Å². The molecule has 1 aliphatic carbocycles. The van der Waals surface area contributed by atoms with Gasteiger partial charge >= 0.3 is 5.97 Å². The van der Waals surface area contributed by atoms with Crippen LogP contribution in [0.2, 0.25) is 0 Å². The van der Waals surface area contributed by atoms with E-state index in [9.17, 15) is 13.2 Å². The van der Waals surface area contributed by atoms with Gasteiger partial charge in [0.2, 0.25) is 10.0 Å². The van der Waals surface area contributed by atoms with Gasteiger partial charge in [-0.05, 0) is 40.8 Å². The molecule has 1 unspecified atom stereocenters. The predicted octanol–water partition coefficient (Wildman–Crippen LogP) is 2.09. The van der Waals surface area contributed by atoms with Crippen molar-refractivity contribution in [2.45, 2.75) is 30.2 Å². The van der Waals surface area contributed by atoms with Crippen molar-refractivity contribution in [2.75, 3.05) is 21.3 Å². The first-order valence-electron chi connectivity index (χ1n) is 7.33. The molecule has 0 amide bonds. The molecule has 0 spiro atoms. The Bertz CT molecular complexity index is 717. The summed E-state index contributed by atoms with van der Waals surface area (Å²) in [5.74, 6) is 0.424. The second-order valence-corrected chi connectivity index (χ2v) is 8.02. The standard InChI is InChI=1S/C15H20BrNO6S/c1-21-12-6-10(16)14(8-13(12)22-2)24(19,20)17-11(9-4-5-9)7-15(18)23-3/h6,8-9,11,17H,4-5,7H2,1-3H3. The van der Waals surface area contributed by atoms with E-state index in [1.165, 1.54) is 33.5 Å². The van der Waals surface area contributed by atoms with Crippen molar-refractivity contribution in [2.24, 2.45) is 5.92 Å². The molecule has 24 heavy (non-hydrogen) atoms. The van der Waals surface area contributed by atoms with Crippen molar-refractivity contribution >= 4 is 31.9 Å². The lowest BCUT2D eigenvalue weighted by Crippen LogP contribution is -2.38. The van der Waals surface area contributed by atoms with Crippen LogP contribution in [0.25, 0.3) is 0 Å². The van der Waals surface area contributed by atoms with E-state index in [4.69, 9.17) is 9.47 Å². The second kappa shape index (κ2) is 7.71. The number of benzene rings is 1. The number of sulfonamides is 1. The van der Waals surface area contributed by atoms with Crippen LogP contribution in [0.3, 0.4) is 0 Å². The lowest BCUT2D eigenvalue weighted by Gasteiger charge is -2.18. The number of carbonyl (C=O) groups excluding carboxylic acids is 1. The van der Waals surface area contributed by atoms with E-state index in [0.29, 0.717) is 16.0 Å². The first kappa shape index (κ1) is 19.0. The lowest BCUT2D eigenvalue weighted by molar-refractivity contribution is -0.141. The van der Waals surface area contributed by atoms with Crippen molar-refractivity contribution in [3.63, 3.8) is 0 Å². The molecule has 0 saturated heterocycles. The van der Waals surface area contributed by atoms with Crippen LogP contribution in [0, 0.1) is 5.92 Å². The quantitative estimate of drug-likeness (QED) is 0.646. The van der Waals surface area contributed by atoms with Gasteiger partial charge in [-0.1, -0.05) is 0 Å². The van der Waals surface area contributed by atoms with E-state index in [1.807, 2.05) is 0 Å². The molecule has 1 aliphatic rings. The average molecular weight is 422 g/mol. The Hall–Kier alpha value is -1.32. The van der Waals surface area contributed by atoms with E-state index in [1.54, 1.807) is 0 Å². The van der Waals surface area contributed by atoms with Crippen LogP contribution < -0.4 is 14.2 Å². The van der Waals surface area contributed by atoms with Crippen LogP contribution in [-0.4, -0.2) is 41.8 Å². The predicted molar refractivity (Wildman–Crippen MR) is 90.7 cm³/mol. The summed E-state index contributed by atoms with van der Waals surface area (Å²) >= 11 is 3.25. The fraction of sp³-hybridized carbons (Fsp3) is 0.533. The minimum atomic E-state index is -3.85. The molecule has 1 aromatic carbocycles. The van der Waals surface area contributed by atoms with Crippen LogP contribution in [0.4, 0.5) is 0 Å². The van der Waals surface area contributed by atoms with Gasteiger partial charge in [0.15, 0.2) is 11.5 Å². The zero-order valence-corrected chi connectivity index (χ0v) is 16.1. The number of hydrogen-bond acceptors (Lipinski definition) is 6. The number of carbonyl (C=O) groups is 1. The Kier molecular flexibility index (Phi) is 6.11. The summed E-state index contributed by atoms with van der Waals surface area (Å²) in [6.45, 7) is 0. The summed E-state index contributed by atoms with van der Waals surface area (Å²) in [6, 6.07) is 2.43. The summed E-state index contributed by atoms with van der Waals surface area (Å²) in [5.41, 5.74) is 0. The number of esters is 1. The van der Waals surface area contributed by atoms with Crippen molar-refractivity contribution in [1.82, 2.24) is 4.72 Å². The zero-order chi connectivity index (χ0) is 17.9. The van der Waals surface area contributed by atoms with Crippen LogP contribution in [0.5, 0.6) is 11.5 Å². The number of ether oxygens (including phenoxy) is 3. The first-order valence-corrected chi connectivity index (χ1v) is 9.60. The minimum Gasteiger partial charge on any atom is -0.493 e. The topological polar surface area (TPSA) is 90.9 Å². The monoisotopic (exact) mass is 421 g/mol. The third kappa shape index (κ3) is 4.40. The van der Waals surface area contributed by atoms with E-state index in [2.05, 4.69) is 25.4 Å². The summed E-state index contributed by atoms with van der Waals surface area (Å²) in [4.78, 5) is 11.5. The Morgan fingerprint density at radius 1 is 1.25 bits per heavy atom. The number of nitrogens with one attached hydrogen (secondary N) is 1. The van der Waals surface area contributed by atoms with Gasteiger partial charge in [0.25, 0.3) is 0 Å². The number of rotatable bonds is 8. The van der Waals surface area contributed by atoms with Crippen molar-refractivity contribution in [3.8, 4) is 11.5 Å². The molecule has 0 aromatic heterocycles. The molecule has 134 valence electrons. The fourth-order valence-electron chi connectivity index (χ4n) is 2.37. The van der Waals surface area contributed by atoms with Crippen molar-refractivity contribution in [1.29, 1.82) is 0 Å². The average Bonchev–Trinajstić information content (AvgIpc) is 3.38. The Morgan fingerprint density at radius 3 is 2.33 bits per heavy atom. The molecule has 0 heterocycles. The van der Waals surface area contributed by atoms with Gasteiger partial charge in [-0.3, -0.25) is 4.79 Å². The third-order valence-corrected chi connectivity index (χ3v) is 6.29. The van der Waals surface area contributed by atoms with Crippen molar-refractivity contribution in [3.05, 3.63) is 16.6 Å². The van der Waals surface area contributed by atoms with E-state index < -0.39 is 22.0 Å². The third-order valence-electron chi connectivity index (χ3n) is 3.84. The maximum absolute atomic E-state index is 12.7. The first-order chi connectivity index (χ1) is 11.3. The van der Waals surface area contributed by atoms with E-state index >= 15 is 0 Å². The molecule has 2 rings (SSSR count). The molecule has 1 fully saturated rings. The van der Waals surface area contributed by atoms with Gasteiger partial charge in [-0.25, -0.2) is 13.1 Å². The zero-order valence-electron chi connectivity index (χ0n) is 13.7. The summed E-state index contributed by atoms with van der Waals surface area (Å²) < 4.78 is 43.4. The number of hydrogen-bond donors (Lipinski definition) is 1. The Balaban J connectivity index is 2.30. The van der Waals surface area contributed by atoms with Gasteiger partial charge in [-0.2, -0.15) is 0 Å². The fourth-order valence-corrected chi connectivity index (χ4v) is 4.71. The molecule has 7 nitrogen and oxygen atoms in total. The second-order valence-electron chi connectivity index (χ2n) is 5.48. The molecule has 0 aliphatic heterocycles. The van der Waals surface area contributed by atoms with E-state index in [-0.39, 0.29) is 17.2 Å². The van der Waals surface area contributed by atoms with Gasteiger partial charge < -0.3 is 14.2 Å². The molecule has 1 aromatic rings. The molecule has 0 radical (unpaired) electrons. The molecular weight excluding hydrogens is 402 g/mol. The Morgan fingerprint density at radius 2 is 1.83 bits per heavy atom. The highest BCUT2D eigenvalue weighted by atomic mass is 79.9. The highest BCUT2D eigenvalue weighted by Gasteiger charge is 2.36. The largest absolute Gasteiger partial charge is 0.493 e. The highest BCUT2D eigenvalue weighted by molar-refractivity contribution is 9.10. The van der Waals surface area contributed by atoms with Gasteiger partial charge in [-0.15, -0.1) is 0 Å². The molecular formula is C15H20BrNO6S. The van der Waals surface area contributed by atoms with Crippen LogP contribution >= 0.6 is 15.9 Å². The smallest absolute Gasteiger partial charge is 0.307 e.